The van der Waals surface area contributed by atoms with Gasteiger partial charge < -0.3 is 4.98 Å². The van der Waals surface area contributed by atoms with E-state index in [0.717, 1.165) is 22.4 Å². The van der Waals surface area contributed by atoms with Gasteiger partial charge in [-0.1, -0.05) is 42.5 Å². The van der Waals surface area contributed by atoms with Gasteiger partial charge in [-0.05, 0) is 36.2 Å². The minimum atomic E-state index is -0.305. The maximum Gasteiger partial charge on any atom is 0.274 e. The Hall–Kier alpha value is -3.01. The number of nitrogens with one attached hydrogen (secondary N) is 1. The van der Waals surface area contributed by atoms with Crippen LogP contribution in [0.2, 0.25) is 0 Å². The highest BCUT2D eigenvalue weighted by molar-refractivity contribution is 5.85. The summed E-state index contributed by atoms with van der Waals surface area (Å²) in [5.74, 6) is -0.305. The van der Waals surface area contributed by atoms with E-state index in [-0.39, 0.29) is 11.4 Å². The highest BCUT2D eigenvalue weighted by atomic mass is 19.1. The second-order valence-corrected chi connectivity index (χ2v) is 5.22. The van der Waals surface area contributed by atoms with E-state index < -0.39 is 0 Å². The quantitative estimate of drug-likeness (QED) is 0.723. The van der Waals surface area contributed by atoms with E-state index in [1.807, 2.05) is 43.3 Å². The molecule has 2 aromatic carbocycles. The van der Waals surface area contributed by atoms with Crippen LogP contribution in [0, 0.1) is 12.7 Å². The van der Waals surface area contributed by atoms with Gasteiger partial charge in [0.15, 0.2) is 0 Å². The van der Waals surface area contributed by atoms with E-state index in [1.165, 1.54) is 12.1 Å². The molecular weight excluding hydrogens is 291 g/mol. The molecule has 0 radical (unpaired) electrons. The lowest BCUT2D eigenvalue weighted by molar-refractivity contribution is 0.628. The minimum absolute atomic E-state index is 0.248. The largest absolute Gasteiger partial charge is 0.325 e. The van der Waals surface area contributed by atoms with Gasteiger partial charge >= 0.3 is 0 Å². The molecule has 0 amide bonds. The predicted octanol–water partition coefficient (Wildman–Crippen LogP) is 4.24. The number of aromatic nitrogens is 1. The van der Waals surface area contributed by atoms with E-state index in [2.05, 4.69) is 9.98 Å². The topological polar surface area (TPSA) is 45.2 Å². The van der Waals surface area contributed by atoms with Crippen molar-refractivity contribution in [3.05, 3.63) is 88.1 Å². The van der Waals surface area contributed by atoms with Crippen LogP contribution in [0.25, 0.3) is 11.1 Å². The van der Waals surface area contributed by atoms with Gasteiger partial charge in [-0.2, -0.15) is 0 Å². The highest BCUT2D eigenvalue weighted by Crippen LogP contribution is 2.27. The molecule has 23 heavy (non-hydrogen) atoms. The second-order valence-electron chi connectivity index (χ2n) is 5.22. The number of nitrogens with zero attached hydrogens (tertiary/aromatic N) is 1. The minimum Gasteiger partial charge on any atom is -0.325 e. The Bertz CT molecular complexity index is 897. The van der Waals surface area contributed by atoms with Gasteiger partial charge in [0.25, 0.3) is 5.56 Å². The average molecular weight is 306 g/mol. The molecule has 0 aliphatic rings. The molecule has 0 spiro atoms. The van der Waals surface area contributed by atoms with Crippen molar-refractivity contribution in [1.29, 1.82) is 0 Å². The molecule has 0 aliphatic carbocycles. The van der Waals surface area contributed by atoms with Crippen LogP contribution in [-0.2, 0) is 0 Å². The fourth-order valence-corrected chi connectivity index (χ4v) is 2.34. The Balaban J connectivity index is 2.08. The van der Waals surface area contributed by atoms with Crippen LogP contribution in [0.3, 0.4) is 0 Å². The summed E-state index contributed by atoms with van der Waals surface area (Å²) in [6.45, 7) is 1.83. The third-order valence-corrected chi connectivity index (χ3v) is 3.44. The maximum atomic E-state index is 12.9. The third kappa shape index (κ3) is 3.43. The van der Waals surface area contributed by atoms with Crippen LogP contribution < -0.4 is 5.56 Å². The van der Waals surface area contributed by atoms with E-state index in [1.54, 1.807) is 18.3 Å². The molecule has 3 nitrogen and oxygen atoms in total. The van der Waals surface area contributed by atoms with Crippen LogP contribution in [0.15, 0.2) is 70.5 Å². The molecule has 0 fully saturated rings. The highest BCUT2D eigenvalue weighted by Gasteiger charge is 2.09. The Labute approximate surface area is 133 Å². The number of H-pyrrole nitrogens is 1. The summed E-state index contributed by atoms with van der Waals surface area (Å²) in [7, 11) is 0. The Morgan fingerprint density at radius 3 is 2.43 bits per heavy atom. The van der Waals surface area contributed by atoms with Gasteiger partial charge in [-0.3, -0.25) is 4.79 Å². The number of hydrogen-bond donors (Lipinski definition) is 1. The molecule has 114 valence electrons. The molecule has 0 atom stereocenters. The first-order valence-electron chi connectivity index (χ1n) is 7.22. The summed E-state index contributed by atoms with van der Waals surface area (Å²) in [5.41, 5.74) is 3.28. The van der Waals surface area contributed by atoms with Gasteiger partial charge in [-0.15, -0.1) is 0 Å². The summed E-state index contributed by atoms with van der Waals surface area (Å²) in [4.78, 5) is 19.4. The van der Waals surface area contributed by atoms with Crippen molar-refractivity contribution in [1.82, 2.24) is 4.98 Å². The van der Waals surface area contributed by atoms with Crippen molar-refractivity contribution >= 4 is 11.9 Å². The zero-order valence-electron chi connectivity index (χ0n) is 12.6. The molecule has 3 aromatic rings. The van der Waals surface area contributed by atoms with Crippen molar-refractivity contribution in [2.75, 3.05) is 0 Å². The summed E-state index contributed by atoms with van der Waals surface area (Å²) in [5, 5.41) is 0. The Morgan fingerprint density at radius 1 is 1.04 bits per heavy atom. The second kappa shape index (κ2) is 6.40. The molecule has 0 bridgehead atoms. The van der Waals surface area contributed by atoms with Gasteiger partial charge in [0, 0.05) is 17.5 Å². The van der Waals surface area contributed by atoms with Crippen LogP contribution in [0.5, 0.6) is 0 Å². The molecular formula is C19H15FN2O. The summed E-state index contributed by atoms with van der Waals surface area (Å²) >= 11 is 0. The molecule has 3 rings (SSSR count). The first kappa shape index (κ1) is 14.9. The van der Waals surface area contributed by atoms with E-state index >= 15 is 0 Å². The van der Waals surface area contributed by atoms with E-state index in [4.69, 9.17) is 0 Å². The average Bonchev–Trinajstić information content (AvgIpc) is 2.56. The van der Waals surface area contributed by atoms with Crippen LogP contribution in [-0.4, -0.2) is 11.2 Å². The first-order chi connectivity index (χ1) is 11.1. The van der Waals surface area contributed by atoms with E-state index in [9.17, 15) is 9.18 Å². The van der Waals surface area contributed by atoms with Crippen molar-refractivity contribution in [3.8, 4) is 11.1 Å². The summed E-state index contributed by atoms with van der Waals surface area (Å²) in [6.07, 6.45) is 1.56. The molecule has 1 N–H and O–H groups in total. The number of aliphatic imine (C=N–C) groups is 1. The summed E-state index contributed by atoms with van der Waals surface area (Å²) in [6, 6.07) is 17.5. The number of aromatic amines is 1. The van der Waals surface area contributed by atoms with Gasteiger partial charge in [0.1, 0.15) is 11.5 Å². The molecule has 0 saturated heterocycles. The van der Waals surface area contributed by atoms with Crippen molar-refractivity contribution in [3.63, 3.8) is 0 Å². The molecule has 4 heteroatoms. The molecule has 0 aliphatic heterocycles. The van der Waals surface area contributed by atoms with Crippen molar-refractivity contribution in [2.45, 2.75) is 6.92 Å². The summed E-state index contributed by atoms with van der Waals surface area (Å²) < 4.78 is 12.9. The van der Waals surface area contributed by atoms with Crippen LogP contribution in [0.1, 0.15) is 11.3 Å². The Morgan fingerprint density at radius 2 is 1.74 bits per heavy atom. The van der Waals surface area contributed by atoms with Crippen molar-refractivity contribution < 1.29 is 4.39 Å². The monoisotopic (exact) mass is 306 g/mol. The number of aryl methyl sites for hydroxylation is 1. The third-order valence-electron chi connectivity index (χ3n) is 3.44. The van der Waals surface area contributed by atoms with Gasteiger partial charge in [0.2, 0.25) is 0 Å². The van der Waals surface area contributed by atoms with Crippen LogP contribution in [0.4, 0.5) is 10.1 Å². The molecule has 1 heterocycles. The van der Waals surface area contributed by atoms with Crippen molar-refractivity contribution in [2.24, 2.45) is 4.99 Å². The fraction of sp³-hybridized carbons (Fsp3) is 0.0526. The SMILES string of the molecule is Cc1cc(-c2ccccc2)c(N=Cc2ccc(F)cc2)c(=O)[nH]1. The number of pyridine rings is 1. The number of halogens is 1. The standard InChI is InChI=1S/C19H15FN2O/c1-13-11-17(15-5-3-2-4-6-15)18(19(23)22-13)21-12-14-7-9-16(20)10-8-14/h2-12H,1H3,(H,22,23). The molecule has 0 unspecified atom stereocenters. The molecule has 1 aromatic heterocycles. The zero-order chi connectivity index (χ0) is 16.2. The van der Waals surface area contributed by atoms with Gasteiger partial charge in [-0.25, -0.2) is 9.38 Å². The number of benzene rings is 2. The lowest BCUT2D eigenvalue weighted by Gasteiger charge is -2.06. The smallest absolute Gasteiger partial charge is 0.274 e. The van der Waals surface area contributed by atoms with E-state index in [0.29, 0.717) is 5.69 Å². The fourth-order valence-electron chi connectivity index (χ4n) is 2.34. The number of hydrogen-bond acceptors (Lipinski definition) is 2. The maximum absolute atomic E-state index is 12.9. The normalized spacial score (nSPS) is 11.0. The van der Waals surface area contributed by atoms with Gasteiger partial charge in [0.05, 0.1) is 0 Å². The van der Waals surface area contributed by atoms with Crippen LogP contribution >= 0.6 is 0 Å². The Kier molecular flexibility index (Phi) is 4.15. The lowest BCUT2D eigenvalue weighted by Crippen LogP contribution is -2.08. The predicted molar refractivity (Wildman–Crippen MR) is 90.9 cm³/mol. The molecule has 0 saturated carbocycles. The number of rotatable bonds is 3. The lowest BCUT2D eigenvalue weighted by atomic mass is 10.0. The first-order valence-corrected chi connectivity index (χ1v) is 7.22. The zero-order valence-corrected chi connectivity index (χ0v) is 12.6.